The van der Waals surface area contributed by atoms with Crippen molar-refractivity contribution in [2.24, 2.45) is 0 Å². The fourth-order valence-electron chi connectivity index (χ4n) is 0.390. The largest absolute Gasteiger partial charge is 0.481 e. The van der Waals surface area contributed by atoms with Crippen LogP contribution in [0.1, 0.15) is 19.8 Å². The molecule has 0 amide bonds. The number of hydrogen-bond donors (Lipinski definition) is 1. The summed E-state index contributed by atoms with van der Waals surface area (Å²) in [5, 5.41) is 8.06. The zero-order valence-electron chi connectivity index (χ0n) is 6.14. The highest BCUT2D eigenvalue weighted by Gasteiger charge is 2.26. The third-order valence-electron chi connectivity index (χ3n) is 1.04. The fraction of sp³-hybridized carbons (Fsp3) is 0.833. The van der Waals surface area contributed by atoms with Gasteiger partial charge in [-0.15, -0.1) is 0 Å². The molecule has 0 atom stereocenters. The second-order valence-corrected chi connectivity index (χ2v) is 1.98. The molecule has 0 bridgehead atoms. The van der Waals surface area contributed by atoms with Crippen molar-refractivity contribution < 1.29 is 23.4 Å². The van der Waals surface area contributed by atoms with Gasteiger partial charge in [0.15, 0.2) is 0 Å². The predicted octanol–water partition coefficient (Wildman–Crippen LogP) is 1.48. The molecule has 0 saturated heterocycles. The lowest BCUT2D eigenvalue weighted by Gasteiger charge is -2.13. The Hall–Kier alpha value is -0.710. The maximum absolute atomic E-state index is 12.2. The molecule has 0 radical (unpaired) electrons. The van der Waals surface area contributed by atoms with Gasteiger partial charge in [0, 0.05) is 6.42 Å². The van der Waals surface area contributed by atoms with Gasteiger partial charge in [-0.05, 0) is 0 Å². The van der Waals surface area contributed by atoms with Crippen LogP contribution in [0, 0.1) is 0 Å². The third kappa shape index (κ3) is 5.72. The molecule has 0 aliphatic heterocycles. The Kier molecular flexibility index (Phi) is 3.95. The molecule has 1 N–H and O–H groups in total. The number of aliphatic carboxylic acids is 1. The Labute approximate surface area is 63.0 Å². The molecule has 0 saturated carbocycles. The van der Waals surface area contributed by atoms with Crippen LogP contribution in [0.3, 0.4) is 0 Å². The molecule has 0 aliphatic rings. The maximum Gasteiger partial charge on any atom is 0.355 e. The van der Waals surface area contributed by atoms with E-state index in [1.165, 1.54) is 6.92 Å². The quantitative estimate of drug-likeness (QED) is 0.676. The summed E-state index contributed by atoms with van der Waals surface area (Å²) in [4.78, 5) is 9.85. The number of carboxylic acid groups (broad SMARTS) is 1. The zero-order valence-corrected chi connectivity index (χ0v) is 6.14. The van der Waals surface area contributed by atoms with E-state index < -0.39 is 31.5 Å². The van der Waals surface area contributed by atoms with E-state index in [2.05, 4.69) is 4.74 Å². The summed E-state index contributed by atoms with van der Waals surface area (Å²) < 4.78 is 28.4. The number of ether oxygens (including phenoxy) is 1. The highest BCUT2D eigenvalue weighted by atomic mass is 19.3. The van der Waals surface area contributed by atoms with Gasteiger partial charge in [0.05, 0.1) is 13.0 Å². The first-order chi connectivity index (χ1) is 4.98. The van der Waals surface area contributed by atoms with E-state index in [0.717, 1.165) is 0 Å². The molecule has 0 aromatic carbocycles. The van der Waals surface area contributed by atoms with Gasteiger partial charge >= 0.3 is 12.1 Å². The van der Waals surface area contributed by atoms with E-state index in [-0.39, 0.29) is 0 Å². The van der Waals surface area contributed by atoms with Crippen molar-refractivity contribution >= 4 is 5.97 Å². The molecule has 11 heavy (non-hydrogen) atoms. The summed E-state index contributed by atoms with van der Waals surface area (Å²) in [6.07, 6.45) is -4.02. The molecule has 3 nitrogen and oxygen atoms in total. The van der Waals surface area contributed by atoms with Gasteiger partial charge in [0.25, 0.3) is 0 Å². The summed E-state index contributed by atoms with van der Waals surface area (Å²) in [5.74, 6) is -1.14. The first-order valence-corrected chi connectivity index (χ1v) is 3.21. The molecular formula is C6H10F2O3. The van der Waals surface area contributed by atoms with Gasteiger partial charge in [-0.25, -0.2) is 0 Å². The van der Waals surface area contributed by atoms with Crippen molar-refractivity contribution in [2.45, 2.75) is 25.9 Å². The molecule has 0 aromatic rings. The first kappa shape index (κ1) is 10.3. The Balaban J connectivity index is 3.45. The first-order valence-electron chi connectivity index (χ1n) is 3.21. The van der Waals surface area contributed by atoms with Crippen LogP contribution in [0.4, 0.5) is 8.78 Å². The third-order valence-corrected chi connectivity index (χ3v) is 1.04. The lowest BCUT2D eigenvalue weighted by molar-refractivity contribution is -0.239. The predicted molar refractivity (Wildman–Crippen MR) is 33.4 cm³/mol. The minimum absolute atomic E-state index is 0.393. The molecule has 0 unspecified atom stereocenters. The van der Waals surface area contributed by atoms with E-state index in [0.29, 0.717) is 0 Å². The Morgan fingerprint density at radius 3 is 2.55 bits per heavy atom. The van der Waals surface area contributed by atoms with Crippen molar-refractivity contribution in [3.05, 3.63) is 0 Å². The van der Waals surface area contributed by atoms with E-state index in [1.54, 1.807) is 0 Å². The van der Waals surface area contributed by atoms with Crippen LogP contribution in [0.5, 0.6) is 0 Å². The van der Waals surface area contributed by atoms with Crippen molar-refractivity contribution in [1.29, 1.82) is 0 Å². The highest BCUT2D eigenvalue weighted by molar-refractivity contribution is 5.66. The molecule has 0 aromatic heterocycles. The average Bonchev–Trinajstić information content (AvgIpc) is 1.87. The van der Waals surface area contributed by atoms with Crippen molar-refractivity contribution in [1.82, 2.24) is 0 Å². The molecule has 0 rings (SSSR count). The second kappa shape index (κ2) is 4.23. The zero-order chi connectivity index (χ0) is 8.91. The van der Waals surface area contributed by atoms with E-state index in [9.17, 15) is 13.6 Å². The van der Waals surface area contributed by atoms with E-state index in [4.69, 9.17) is 5.11 Å². The van der Waals surface area contributed by atoms with Crippen LogP contribution in [0.15, 0.2) is 0 Å². The van der Waals surface area contributed by atoms with Gasteiger partial charge in [-0.2, -0.15) is 8.78 Å². The molecule has 0 aliphatic carbocycles. The van der Waals surface area contributed by atoms with Gasteiger partial charge in [0.2, 0.25) is 0 Å². The lowest BCUT2D eigenvalue weighted by atomic mass is 10.4. The molecule has 66 valence electrons. The standard InChI is InChI=1S/C6H10F2O3/c1-2-6(7,8)11-4-3-5(9)10/h2-4H2,1H3,(H,9,10). The Morgan fingerprint density at radius 1 is 1.64 bits per heavy atom. The number of alkyl halides is 2. The molecule has 0 heterocycles. The van der Waals surface area contributed by atoms with Gasteiger partial charge in [0.1, 0.15) is 0 Å². The van der Waals surface area contributed by atoms with Crippen molar-refractivity contribution in [3.8, 4) is 0 Å². The average molecular weight is 168 g/mol. The number of carboxylic acids is 1. The van der Waals surface area contributed by atoms with Gasteiger partial charge in [-0.3, -0.25) is 4.79 Å². The normalized spacial score (nSPS) is 11.5. The lowest BCUT2D eigenvalue weighted by Crippen LogP contribution is -2.21. The van der Waals surface area contributed by atoms with Crippen LogP contribution in [0.2, 0.25) is 0 Å². The molecule has 0 fully saturated rings. The summed E-state index contributed by atoms with van der Waals surface area (Å²) in [6, 6.07) is 0. The maximum atomic E-state index is 12.2. The van der Waals surface area contributed by atoms with Crippen LogP contribution >= 0.6 is 0 Å². The fourth-order valence-corrected chi connectivity index (χ4v) is 0.390. The number of carbonyl (C=O) groups is 1. The topological polar surface area (TPSA) is 46.5 Å². The molecule has 0 spiro atoms. The Bertz CT molecular complexity index is 136. The second-order valence-electron chi connectivity index (χ2n) is 1.98. The van der Waals surface area contributed by atoms with Crippen LogP contribution in [-0.4, -0.2) is 23.8 Å². The van der Waals surface area contributed by atoms with E-state index in [1.807, 2.05) is 0 Å². The SMILES string of the molecule is CCC(F)(F)OCCC(=O)O. The van der Waals surface area contributed by atoms with Crippen molar-refractivity contribution in [3.63, 3.8) is 0 Å². The smallest absolute Gasteiger partial charge is 0.355 e. The van der Waals surface area contributed by atoms with Gasteiger partial charge in [-0.1, -0.05) is 6.92 Å². The Morgan fingerprint density at radius 2 is 2.18 bits per heavy atom. The molecule has 5 heteroatoms. The van der Waals surface area contributed by atoms with Crippen molar-refractivity contribution in [2.75, 3.05) is 6.61 Å². The summed E-state index contributed by atoms with van der Waals surface area (Å²) in [7, 11) is 0. The number of rotatable bonds is 5. The minimum atomic E-state index is -3.19. The minimum Gasteiger partial charge on any atom is -0.481 e. The highest BCUT2D eigenvalue weighted by Crippen LogP contribution is 2.18. The summed E-state index contributed by atoms with van der Waals surface area (Å²) in [5.41, 5.74) is 0. The van der Waals surface area contributed by atoms with Gasteiger partial charge < -0.3 is 9.84 Å². The van der Waals surface area contributed by atoms with Crippen LogP contribution in [0.25, 0.3) is 0 Å². The van der Waals surface area contributed by atoms with Crippen LogP contribution in [-0.2, 0) is 9.53 Å². The monoisotopic (exact) mass is 168 g/mol. The van der Waals surface area contributed by atoms with E-state index >= 15 is 0 Å². The number of halogens is 2. The van der Waals surface area contributed by atoms with Crippen LogP contribution < -0.4 is 0 Å². The number of hydrogen-bond acceptors (Lipinski definition) is 2. The summed E-state index contributed by atoms with van der Waals surface area (Å²) in [6.45, 7) is 0.816. The molecular weight excluding hydrogens is 158 g/mol. The summed E-state index contributed by atoms with van der Waals surface area (Å²) >= 11 is 0.